The van der Waals surface area contributed by atoms with Gasteiger partial charge < -0.3 is 9.25 Å². The molecule has 1 aromatic heterocycles. The summed E-state index contributed by atoms with van der Waals surface area (Å²) in [5.41, 5.74) is 1.09. The minimum Gasteiger partial charge on any atom is -0.449 e. The Hall–Kier alpha value is -1.30. The van der Waals surface area contributed by atoms with Crippen molar-refractivity contribution >= 4 is 28.8 Å². The van der Waals surface area contributed by atoms with Crippen LogP contribution in [0.25, 0.3) is 0 Å². The topological polar surface area (TPSA) is 34.7 Å². The van der Waals surface area contributed by atoms with Gasteiger partial charge in [0, 0.05) is 0 Å². The number of hydrogen-bond acceptors (Lipinski definition) is 3. The Morgan fingerprint density at radius 2 is 2.00 bits per heavy atom. The van der Waals surface area contributed by atoms with Gasteiger partial charge in [0.15, 0.2) is 3.77 Å². The molecule has 1 aromatic carbocycles. The molecule has 1 heterocycles. The fourth-order valence-electron chi connectivity index (χ4n) is 1.17. The van der Waals surface area contributed by atoms with Gasteiger partial charge in [-0.25, -0.2) is 0 Å². The number of nitrogens with zero attached hydrogens (tertiary/aromatic N) is 1. The van der Waals surface area contributed by atoms with Gasteiger partial charge in [0.25, 0.3) is 0 Å². The van der Waals surface area contributed by atoms with Crippen molar-refractivity contribution in [1.29, 1.82) is 0 Å². The minimum absolute atomic E-state index is 0.467. The molecule has 0 N–H and O–H groups in total. The van der Waals surface area contributed by atoms with Gasteiger partial charge in [0.2, 0.25) is 0 Å². The van der Waals surface area contributed by atoms with E-state index in [-0.39, 0.29) is 0 Å². The number of hydrogen-bond donors (Lipinski definition) is 0. The molecule has 2 aromatic rings. The molecular weight excluding hydrogens is 317 g/mol. The van der Waals surface area contributed by atoms with Crippen LogP contribution in [-0.2, 0) is 11.4 Å². The minimum atomic E-state index is 0.467. The van der Waals surface area contributed by atoms with E-state index < -0.39 is 0 Å². The lowest BCUT2D eigenvalue weighted by atomic mass is 10.2. The summed E-state index contributed by atoms with van der Waals surface area (Å²) in [5, 5.41) is 3.83. The number of furan rings is 1. The smallest absolute Gasteiger partial charge is 0.164 e. The number of rotatable bonds is 4. The predicted molar refractivity (Wildman–Crippen MR) is 70.3 cm³/mol. The Balaban J connectivity index is 1.82. The Morgan fingerprint density at radius 3 is 2.69 bits per heavy atom. The second kappa shape index (κ2) is 5.69. The fourth-order valence-corrected chi connectivity index (χ4v) is 1.61. The molecule has 0 saturated heterocycles. The largest absolute Gasteiger partial charge is 0.449 e. The molecule has 0 aliphatic carbocycles. The van der Waals surface area contributed by atoms with Crippen LogP contribution in [0.3, 0.4) is 0 Å². The van der Waals surface area contributed by atoms with E-state index in [0.29, 0.717) is 12.4 Å². The molecule has 0 aliphatic rings. The molecule has 2 rings (SSSR count). The van der Waals surface area contributed by atoms with Crippen molar-refractivity contribution in [2.24, 2.45) is 5.16 Å². The molecule has 0 aliphatic heterocycles. The predicted octanol–water partition coefficient (Wildman–Crippen LogP) is 3.43. The van der Waals surface area contributed by atoms with Crippen molar-refractivity contribution in [3.05, 3.63) is 57.6 Å². The number of benzene rings is 1. The van der Waals surface area contributed by atoms with Gasteiger partial charge in [0.1, 0.15) is 18.6 Å². The third-order valence-corrected chi connectivity index (χ3v) is 2.50. The summed E-state index contributed by atoms with van der Waals surface area (Å²) in [5.74, 6) is 0.692. The molecule has 0 bridgehead atoms. The van der Waals surface area contributed by atoms with Crippen LogP contribution in [0.2, 0.25) is 0 Å². The van der Waals surface area contributed by atoms with Crippen LogP contribution in [0.4, 0.5) is 0 Å². The van der Waals surface area contributed by atoms with Crippen molar-refractivity contribution < 1.29 is 9.25 Å². The third-order valence-electron chi connectivity index (χ3n) is 1.92. The zero-order chi connectivity index (χ0) is 11.2. The lowest BCUT2D eigenvalue weighted by molar-refractivity contribution is 0.132. The third kappa shape index (κ3) is 3.37. The average molecular weight is 327 g/mol. The Kier molecular flexibility index (Phi) is 3.98. The maximum atomic E-state index is 5.29. The van der Waals surface area contributed by atoms with Crippen LogP contribution in [0, 0.1) is 3.77 Å². The van der Waals surface area contributed by atoms with Crippen LogP contribution in [0.1, 0.15) is 11.3 Å². The lowest BCUT2D eigenvalue weighted by Crippen LogP contribution is -1.86. The lowest BCUT2D eigenvalue weighted by Gasteiger charge is -1.97. The normalized spacial score (nSPS) is 10.8. The Labute approximate surface area is 107 Å². The van der Waals surface area contributed by atoms with Crippen LogP contribution >= 0.6 is 22.6 Å². The summed E-state index contributed by atoms with van der Waals surface area (Å²) >= 11 is 2.10. The molecule has 16 heavy (non-hydrogen) atoms. The SMILES string of the molecule is Ic1ccc(/C=N/OCc2ccccc2)o1. The summed E-state index contributed by atoms with van der Waals surface area (Å²) in [7, 11) is 0. The zero-order valence-corrected chi connectivity index (χ0v) is 10.6. The van der Waals surface area contributed by atoms with Gasteiger partial charge in [-0.1, -0.05) is 35.5 Å². The zero-order valence-electron chi connectivity index (χ0n) is 8.47. The first-order valence-electron chi connectivity index (χ1n) is 4.79. The molecule has 0 spiro atoms. The van der Waals surface area contributed by atoms with Crippen LogP contribution in [-0.4, -0.2) is 6.21 Å². The summed E-state index contributed by atoms with van der Waals surface area (Å²) in [6.07, 6.45) is 1.56. The van der Waals surface area contributed by atoms with Crippen LogP contribution < -0.4 is 0 Å². The van der Waals surface area contributed by atoms with Gasteiger partial charge in [-0.05, 0) is 40.3 Å². The molecule has 0 unspecified atom stereocenters. The van der Waals surface area contributed by atoms with Crippen molar-refractivity contribution in [3.63, 3.8) is 0 Å². The fraction of sp³-hybridized carbons (Fsp3) is 0.0833. The van der Waals surface area contributed by atoms with E-state index in [4.69, 9.17) is 9.25 Å². The summed E-state index contributed by atoms with van der Waals surface area (Å²) in [4.78, 5) is 5.14. The Bertz CT molecular complexity index is 465. The maximum absolute atomic E-state index is 5.29. The van der Waals surface area contributed by atoms with E-state index in [2.05, 4.69) is 27.7 Å². The first kappa shape index (κ1) is 11.2. The molecule has 4 heteroatoms. The van der Waals surface area contributed by atoms with Crippen molar-refractivity contribution in [1.82, 2.24) is 0 Å². The first-order valence-corrected chi connectivity index (χ1v) is 5.87. The highest BCUT2D eigenvalue weighted by Gasteiger charge is 1.94. The molecule has 0 amide bonds. The molecule has 3 nitrogen and oxygen atoms in total. The van der Waals surface area contributed by atoms with Gasteiger partial charge in [0.05, 0.1) is 0 Å². The maximum Gasteiger partial charge on any atom is 0.164 e. The van der Waals surface area contributed by atoms with Gasteiger partial charge in [-0.2, -0.15) is 0 Å². The average Bonchev–Trinajstić information content (AvgIpc) is 2.72. The molecule has 82 valence electrons. The van der Waals surface area contributed by atoms with Gasteiger partial charge in [-0.15, -0.1) is 0 Å². The van der Waals surface area contributed by atoms with Gasteiger partial charge in [-0.3, -0.25) is 0 Å². The van der Waals surface area contributed by atoms with E-state index in [1.165, 1.54) is 0 Å². The van der Waals surface area contributed by atoms with E-state index in [9.17, 15) is 0 Å². The Morgan fingerprint density at radius 1 is 1.19 bits per heavy atom. The van der Waals surface area contributed by atoms with Crippen molar-refractivity contribution in [2.45, 2.75) is 6.61 Å². The van der Waals surface area contributed by atoms with E-state index in [1.807, 2.05) is 42.5 Å². The highest BCUT2D eigenvalue weighted by molar-refractivity contribution is 14.1. The highest BCUT2D eigenvalue weighted by Crippen LogP contribution is 2.08. The van der Waals surface area contributed by atoms with Crippen LogP contribution in [0.15, 0.2) is 52.0 Å². The summed E-state index contributed by atoms with van der Waals surface area (Å²) in [6.45, 7) is 0.467. The van der Waals surface area contributed by atoms with E-state index in [0.717, 1.165) is 9.33 Å². The highest BCUT2D eigenvalue weighted by atomic mass is 127. The molecule has 0 atom stereocenters. The van der Waals surface area contributed by atoms with E-state index in [1.54, 1.807) is 6.21 Å². The second-order valence-electron chi connectivity index (χ2n) is 3.14. The molecule has 0 radical (unpaired) electrons. The van der Waals surface area contributed by atoms with Crippen LogP contribution in [0.5, 0.6) is 0 Å². The molecule has 0 fully saturated rings. The van der Waals surface area contributed by atoms with Crippen molar-refractivity contribution in [3.8, 4) is 0 Å². The van der Waals surface area contributed by atoms with E-state index >= 15 is 0 Å². The van der Waals surface area contributed by atoms with Gasteiger partial charge >= 0.3 is 0 Å². The molecular formula is C12H10INO2. The number of halogens is 1. The molecule has 0 saturated carbocycles. The quantitative estimate of drug-likeness (QED) is 0.490. The standard InChI is InChI=1S/C12H10INO2/c13-12-7-6-11(16-12)8-14-15-9-10-4-2-1-3-5-10/h1-8H,9H2/b14-8+. The summed E-state index contributed by atoms with van der Waals surface area (Å²) in [6, 6.07) is 13.6. The first-order chi connectivity index (χ1) is 7.84. The van der Waals surface area contributed by atoms with Crippen molar-refractivity contribution in [2.75, 3.05) is 0 Å². The monoisotopic (exact) mass is 327 g/mol. The number of oxime groups is 1. The second-order valence-corrected chi connectivity index (χ2v) is 4.20. The summed E-state index contributed by atoms with van der Waals surface area (Å²) < 4.78 is 6.13.